The maximum absolute atomic E-state index is 14.4. The van der Waals surface area contributed by atoms with Crippen LogP contribution in [0.2, 0.25) is 0 Å². The summed E-state index contributed by atoms with van der Waals surface area (Å²) >= 11 is 1.56. The van der Waals surface area contributed by atoms with Gasteiger partial charge in [-0.1, -0.05) is 91.0 Å². The van der Waals surface area contributed by atoms with E-state index in [1.807, 2.05) is 50.7 Å². The summed E-state index contributed by atoms with van der Waals surface area (Å²) in [6, 6.07) is 31.2. The van der Waals surface area contributed by atoms with E-state index < -0.39 is 16.7 Å². The summed E-state index contributed by atoms with van der Waals surface area (Å²) in [6.07, 6.45) is 11.6. The van der Waals surface area contributed by atoms with Crippen molar-refractivity contribution in [3.05, 3.63) is 167 Å². The molecular formula is C39H38N6O2S. The Bertz CT molecular complexity index is 1850. The molecule has 0 radical (unpaired) electrons. The molecule has 0 saturated carbocycles. The zero-order valence-corrected chi connectivity index (χ0v) is 28.0. The van der Waals surface area contributed by atoms with E-state index in [4.69, 9.17) is 9.72 Å². The molecule has 0 amide bonds. The van der Waals surface area contributed by atoms with Crippen molar-refractivity contribution in [2.75, 3.05) is 0 Å². The normalized spacial score (nSPS) is 19.6. The lowest BCUT2D eigenvalue weighted by atomic mass is 9.76. The lowest BCUT2D eigenvalue weighted by Crippen LogP contribution is -2.52. The van der Waals surface area contributed by atoms with Crippen LogP contribution in [0.4, 0.5) is 0 Å². The first kappa shape index (κ1) is 31.6. The van der Waals surface area contributed by atoms with E-state index >= 15 is 0 Å². The van der Waals surface area contributed by atoms with Gasteiger partial charge in [-0.05, 0) is 43.9 Å². The highest BCUT2D eigenvalue weighted by Gasteiger charge is 2.54. The lowest BCUT2D eigenvalue weighted by Gasteiger charge is -2.37. The molecule has 1 aliphatic rings. The van der Waals surface area contributed by atoms with Gasteiger partial charge in [0.25, 0.3) is 0 Å². The molecule has 6 aromatic rings. The fourth-order valence-corrected chi connectivity index (χ4v) is 7.75. The predicted octanol–water partition coefficient (Wildman–Crippen LogP) is 7.11. The van der Waals surface area contributed by atoms with Gasteiger partial charge in [-0.3, -0.25) is 20.1 Å². The molecule has 0 bridgehead atoms. The largest absolute Gasteiger partial charge is 0.459 e. The van der Waals surface area contributed by atoms with Gasteiger partial charge in [0.05, 0.1) is 23.8 Å². The van der Waals surface area contributed by atoms with Crippen LogP contribution in [0.5, 0.6) is 0 Å². The van der Waals surface area contributed by atoms with E-state index in [0.29, 0.717) is 12.8 Å². The SMILES string of the molecule is CC(C)(C)OC(=O)[C@]1(Cc2cn(C(c3ccccc3)(c3ccccc3)c3ccccc3)cn2)C[C@H](c2cnccn2)[C@H](c2nccs2)N1. The first-order chi connectivity index (χ1) is 23.3. The number of carbonyl (C=O) groups is 1. The Labute approximate surface area is 284 Å². The number of nitrogens with zero attached hydrogens (tertiary/aromatic N) is 5. The van der Waals surface area contributed by atoms with Crippen LogP contribution in [0.3, 0.4) is 0 Å². The van der Waals surface area contributed by atoms with Crippen molar-refractivity contribution in [3.8, 4) is 0 Å². The van der Waals surface area contributed by atoms with Crippen LogP contribution in [-0.4, -0.2) is 41.6 Å². The van der Waals surface area contributed by atoms with Crippen molar-refractivity contribution < 1.29 is 9.53 Å². The topological polar surface area (TPSA) is 94.8 Å². The monoisotopic (exact) mass is 654 g/mol. The molecule has 1 aliphatic heterocycles. The summed E-state index contributed by atoms with van der Waals surface area (Å²) in [6.45, 7) is 5.69. The molecule has 7 rings (SSSR count). The zero-order chi connectivity index (χ0) is 33.2. The fraction of sp³-hybridized carbons (Fsp3) is 0.256. The molecule has 4 heterocycles. The lowest BCUT2D eigenvalue weighted by molar-refractivity contribution is -0.162. The molecule has 9 heteroatoms. The number of carbonyl (C=O) groups excluding carboxylic acids is 1. The predicted molar refractivity (Wildman–Crippen MR) is 186 cm³/mol. The quantitative estimate of drug-likeness (QED) is 0.131. The molecule has 0 aliphatic carbocycles. The summed E-state index contributed by atoms with van der Waals surface area (Å²) < 4.78 is 8.32. The van der Waals surface area contributed by atoms with E-state index in [1.54, 1.807) is 36.1 Å². The molecule has 242 valence electrons. The zero-order valence-electron chi connectivity index (χ0n) is 27.2. The number of nitrogens with one attached hydrogen (secondary N) is 1. The van der Waals surface area contributed by atoms with Gasteiger partial charge in [0.1, 0.15) is 21.7 Å². The van der Waals surface area contributed by atoms with Gasteiger partial charge in [0.15, 0.2) is 0 Å². The summed E-state index contributed by atoms with van der Waals surface area (Å²) in [5.74, 6) is -0.477. The number of rotatable bonds is 9. The number of esters is 1. The third kappa shape index (κ3) is 5.95. The van der Waals surface area contributed by atoms with E-state index in [0.717, 1.165) is 33.1 Å². The Morgan fingerprint density at radius 1 is 0.875 bits per heavy atom. The van der Waals surface area contributed by atoms with Crippen molar-refractivity contribution >= 4 is 17.3 Å². The van der Waals surface area contributed by atoms with Crippen LogP contribution in [0, 0.1) is 0 Å². The number of hydrogen-bond donors (Lipinski definition) is 1. The van der Waals surface area contributed by atoms with Gasteiger partial charge in [-0.15, -0.1) is 11.3 Å². The van der Waals surface area contributed by atoms with E-state index in [2.05, 4.69) is 104 Å². The Hall–Kier alpha value is -4.99. The third-order valence-corrected chi connectivity index (χ3v) is 9.81. The molecule has 0 unspecified atom stereocenters. The number of aromatic nitrogens is 5. The Kier molecular flexibility index (Phi) is 8.49. The first-order valence-electron chi connectivity index (χ1n) is 16.1. The molecule has 8 nitrogen and oxygen atoms in total. The first-order valence-corrected chi connectivity index (χ1v) is 17.0. The average molecular weight is 655 g/mol. The maximum atomic E-state index is 14.4. The molecule has 48 heavy (non-hydrogen) atoms. The second-order valence-electron chi connectivity index (χ2n) is 13.3. The number of benzene rings is 3. The van der Waals surface area contributed by atoms with Crippen molar-refractivity contribution in [1.82, 2.24) is 29.8 Å². The van der Waals surface area contributed by atoms with Crippen molar-refractivity contribution in [2.24, 2.45) is 0 Å². The number of ether oxygens (including phenoxy) is 1. The second-order valence-corrected chi connectivity index (χ2v) is 14.2. The minimum absolute atomic E-state index is 0.156. The van der Waals surface area contributed by atoms with Gasteiger partial charge in [-0.25, -0.2) is 9.97 Å². The third-order valence-electron chi connectivity index (χ3n) is 8.95. The minimum atomic E-state index is -1.10. The van der Waals surface area contributed by atoms with Crippen LogP contribution < -0.4 is 5.32 Å². The summed E-state index contributed by atoms with van der Waals surface area (Å²) in [7, 11) is 0. The van der Waals surface area contributed by atoms with E-state index in [-0.39, 0.29) is 17.9 Å². The highest BCUT2D eigenvalue weighted by molar-refractivity contribution is 7.09. The van der Waals surface area contributed by atoms with Crippen LogP contribution in [0.15, 0.2) is 134 Å². The summed E-state index contributed by atoms with van der Waals surface area (Å²) in [4.78, 5) is 33.1. The van der Waals surface area contributed by atoms with Gasteiger partial charge in [0, 0.05) is 48.7 Å². The van der Waals surface area contributed by atoms with E-state index in [9.17, 15) is 4.79 Å². The number of hydrogen-bond acceptors (Lipinski definition) is 8. The van der Waals surface area contributed by atoms with Crippen molar-refractivity contribution in [1.29, 1.82) is 0 Å². The van der Waals surface area contributed by atoms with Crippen LogP contribution in [0.25, 0.3) is 0 Å². The highest BCUT2D eigenvalue weighted by Crippen LogP contribution is 2.47. The molecule has 1 fully saturated rings. The van der Waals surface area contributed by atoms with Gasteiger partial charge >= 0.3 is 5.97 Å². The fourth-order valence-electron chi connectivity index (χ4n) is 7.00. The van der Waals surface area contributed by atoms with Crippen LogP contribution >= 0.6 is 11.3 Å². The summed E-state index contributed by atoms with van der Waals surface area (Å²) in [5.41, 5.74) is 2.35. The number of thiazole rings is 1. The molecule has 3 atom stereocenters. The second kappa shape index (κ2) is 12.9. The number of imidazole rings is 1. The minimum Gasteiger partial charge on any atom is -0.459 e. The molecule has 1 N–H and O–H groups in total. The van der Waals surface area contributed by atoms with E-state index in [1.165, 1.54) is 0 Å². The van der Waals surface area contributed by atoms with Gasteiger partial charge in [-0.2, -0.15) is 0 Å². The van der Waals surface area contributed by atoms with Crippen molar-refractivity contribution in [2.45, 2.75) is 62.3 Å². The summed E-state index contributed by atoms with van der Waals surface area (Å²) in [5, 5.41) is 6.57. The van der Waals surface area contributed by atoms with Crippen LogP contribution in [0.1, 0.15) is 72.2 Å². The van der Waals surface area contributed by atoms with Gasteiger partial charge < -0.3 is 9.30 Å². The molecular weight excluding hydrogens is 617 g/mol. The molecule has 3 aromatic heterocycles. The average Bonchev–Trinajstić information content (AvgIpc) is 3.88. The Balaban J connectivity index is 1.36. The highest BCUT2D eigenvalue weighted by atomic mass is 32.1. The molecule has 1 saturated heterocycles. The smallest absolute Gasteiger partial charge is 0.327 e. The maximum Gasteiger partial charge on any atom is 0.327 e. The molecule has 0 spiro atoms. The molecule has 3 aromatic carbocycles. The Morgan fingerprint density at radius 3 is 2.02 bits per heavy atom. The Morgan fingerprint density at radius 2 is 1.50 bits per heavy atom. The van der Waals surface area contributed by atoms with Crippen molar-refractivity contribution in [3.63, 3.8) is 0 Å². The van der Waals surface area contributed by atoms with Gasteiger partial charge in [0.2, 0.25) is 0 Å². The standard InChI is InChI=1S/C39H38N6O2S/c1-37(2,3)47-36(46)38(24-32(33-25-40-19-20-41-33)34(44-38)35-42-21-22-48-35)23-31-26-45(27-43-31)39(28-13-7-4-8-14-28,29-15-9-5-10-16-29)30-17-11-6-12-18-30/h4-22,25-27,32,34,44H,23-24H2,1-3H3/t32-,34-,38+/m1/s1. The van der Waals surface area contributed by atoms with Crippen LogP contribution in [-0.2, 0) is 21.5 Å².